The zero-order valence-corrected chi connectivity index (χ0v) is 18.8. The van der Waals surface area contributed by atoms with E-state index in [1.807, 2.05) is 12.1 Å². The summed E-state index contributed by atoms with van der Waals surface area (Å²) in [5.74, 6) is 0.227. The summed E-state index contributed by atoms with van der Waals surface area (Å²) in [6, 6.07) is 16.1. The summed E-state index contributed by atoms with van der Waals surface area (Å²) in [6.45, 7) is 0.146. The Morgan fingerprint density at radius 1 is 1.12 bits per heavy atom. The van der Waals surface area contributed by atoms with Crippen molar-refractivity contribution in [3.05, 3.63) is 112 Å². The number of carbonyl (C=O) groups excluding carboxylic acids is 2. The minimum absolute atomic E-state index is 0.116. The van der Waals surface area contributed by atoms with Crippen LogP contribution in [0.15, 0.2) is 94.9 Å². The molecule has 0 bridgehead atoms. The third-order valence-corrected chi connectivity index (χ3v) is 5.84. The van der Waals surface area contributed by atoms with Gasteiger partial charge in [-0.3, -0.25) is 9.59 Å². The van der Waals surface area contributed by atoms with E-state index in [1.54, 1.807) is 47.6 Å². The van der Waals surface area contributed by atoms with Gasteiger partial charge in [0.15, 0.2) is 5.78 Å². The SMILES string of the molecule is O=C(NCC1=CC2Oc3ccccc3C(=O)C2=CN1c1ccc(Br)cn1)c1ccc(F)cc1. The van der Waals surface area contributed by atoms with Crippen LogP contribution in [0.5, 0.6) is 5.75 Å². The van der Waals surface area contributed by atoms with E-state index in [9.17, 15) is 14.0 Å². The van der Waals surface area contributed by atoms with Crippen molar-refractivity contribution in [3.8, 4) is 5.75 Å². The molecule has 0 saturated heterocycles. The first kappa shape index (κ1) is 21.1. The van der Waals surface area contributed by atoms with Crippen LogP contribution in [0.25, 0.3) is 0 Å². The fourth-order valence-corrected chi connectivity index (χ4v) is 3.95. The van der Waals surface area contributed by atoms with Crippen molar-refractivity contribution >= 4 is 33.4 Å². The Hall–Kier alpha value is -3.78. The first-order valence-electron chi connectivity index (χ1n) is 10.2. The maximum Gasteiger partial charge on any atom is 0.251 e. The number of Topliss-reactive ketones (excluding diaryl/α,β-unsaturated/α-hetero) is 1. The number of ether oxygens (including phenoxy) is 1. The second-order valence-corrected chi connectivity index (χ2v) is 8.42. The summed E-state index contributed by atoms with van der Waals surface area (Å²) in [4.78, 5) is 31.9. The van der Waals surface area contributed by atoms with E-state index in [-0.39, 0.29) is 18.2 Å². The van der Waals surface area contributed by atoms with Crippen LogP contribution < -0.4 is 15.0 Å². The predicted octanol–water partition coefficient (Wildman–Crippen LogP) is 4.64. The van der Waals surface area contributed by atoms with Crippen molar-refractivity contribution in [2.75, 3.05) is 11.4 Å². The molecule has 1 unspecified atom stereocenters. The molecule has 33 heavy (non-hydrogen) atoms. The molecule has 0 radical (unpaired) electrons. The van der Waals surface area contributed by atoms with E-state index in [0.29, 0.717) is 34.0 Å². The van der Waals surface area contributed by atoms with Gasteiger partial charge < -0.3 is 15.0 Å². The molecule has 1 N–H and O–H groups in total. The lowest BCUT2D eigenvalue weighted by Gasteiger charge is -2.34. The number of aromatic nitrogens is 1. The third kappa shape index (κ3) is 4.17. The zero-order chi connectivity index (χ0) is 22.9. The van der Waals surface area contributed by atoms with Gasteiger partial charge in [0.1, 0.15) is 23.5 Å². The predicted molar refractivity (Wildman–Crippen MR) is 125 cm³/mol. The molecule has 5 rings (SSSR count). The number of carbonyl (C=O) groups is 2. The van der Waals surface area contributed by atoms with Gasteiger partial charge in [-0.25, -0.2) is 9.37 Å². The Labute approximate surface area is 197 Å². The molecular weight excluding hydrogens is 489 g/mol. The summed E-state index contributed by atoms with van der Waals surface area (Å²) < 4.78 is 20.1. The van der Waals surface area contributed by atoms with Gasteiger partial charge in [0.2, 0.25) is 0 Å². The molecule has 2 aliphatic heterocycles. The number of fused-ring (bicyclic) bond motifs is 2. The summed E-state index contributed by atoms with van der Waals surface area (Å²) in [7, 11) is 0. The van der Waals surface area contributed by atoms with Gasteiger partial charge in [-0.2, -0.15) is 0 Å². The molecule has 0 saturated carbocycles. The minimum atomic E-state index is -0.586. The molecule has 164 valence electrons. The first-order valence-corrected chi connectivity index (χ1v) is 11.0. The van der Waals surface area contributed by atoms with Crippen LogP contribution in [0, 0.1) is 5.82 Å². The zero-order valence-electron chi connectivity index (χ0n) is 17.2. The average molecular weight is 506 g/mol. The van der Waals surface area contributed by atoms with Crippen LogP contribution in [-0.4, -0.2) is 29.3 Å². The van der Waals surface area contributed by atoms with Gasteiger partial charge in [0.05, 0.1) is 17.7 Å². The number of para-hydroxylation sites is 1. The van der Waals surface area contributed by atoms with Gasteiger partial charge in [-0.05, 0) is 70.5 Å². The minimum Gasteiger partial charge on any atom is -0.481 e. The van der Waals surface area contributed by atoms with Crippen molar-refractivity contribution in [1.82, 2.24) is 10.3 Å². The average Bonchev–Trinajstić information content (AvgIpc) is 2.83. The lowest BCUT2D eigenvalue weighted by Crippen LogP contribution is -2.39. The van der Waals surface area contributed by atoms with Crippen LogP contribution in [0.4, 0.5) is 10.2 Å². The second-order valence-electron chi connectivity index (χ2n) is 7.50. The van der Waals surface area contributed by atoms with E-state index in [2.05, 4.69) is 26.2 Å². The molecular formula is C25H17BrFN3O3. The normalized spacial score (nSPS) is 16.7. The van der Waals surface area contributed by atoms with Crippen LogP contribution in [0.1, 0.15) is 20.7 Å². The molecule has 2 aliphatic rings. The number of nitrogens with zero attached hydrogens (tertiary/aromatic N) is 2. The summed E-state index contributed by atoms with van der Waals surface area (Å²) in [5, 5.41) is 2.85. The maximum absolute atomic E-state index is 13.2. The van der Waals surface area contributed by atoms with Crippen LogP contribution in [0.3, 0.4) is 0 Å². The van der Waals surface area contributed by atoms with Crippen LogP contribution in [0.2, 0.25) is 0 Å². The van der Waals surface area contributed by atoms with Gasteiger partial charge in [0.25, 0.3) is 5.91 Å². The molecule has 3 aromatic rings. The molecule has 6 nitrogen and oxygen atoms in total. The molecule has 8 heteroatoms. The number of benzene rings is 2. The quantitative estimate of drug-likeness (QED) is 0.558. The highest BCUT2D eigenvalue weighted by molar-refractivity contribution is 9.10. The van der Waals surface area contributed by atoms with Crippen molar-refractivity contribution < 1.29 is 18.7 Å². The van der Waals surface area contributed by atoms with Crippen molar-refractivity contribution in [1.29, 1.82) is 0 Å². The number of hydrogen-bond acceptors (Lipinski definition) is 5. The van der Waals surface area contributed by atoms with Gasteiger partial charge in [-0.15, -0.1) is 0 Å². The topological polar surface area (TPSA) is 71.5 Å². The molecule has 1 amide bonds. The third-order valence-electron chi connectivity index (χ3n) is 5.37. The van der Waals surface area contributed by atoms with Crippen molar-refractivity contribution in [3.63, 3.8) is 0 Å². The number of hydrogen-bond donors (Lipinski definition) is 1. The van der Waals surface area contributed by atoms with Crippen LogP contribution >= 0.6 is 15.9 Å². The smallest absolute Gasteiger partial charge is 0.251 e. The first-order chi connectivity index (χ1) is 16.0. The summed E-state index contributed by atoms with van der Waals surface area (Å²) in [5.41, 5.74) is 2.01. The lowest BCUT2D eigenvalue weighted by molar-refractivity contribution is 0.0950. The highest BCUT2D eigenvalue weighted by Gasteiger charge is 2.35. The van der Waals surface area contributed by atoms with Crippen molar-refractivity contribution in [2.24, 2.45) is 0 Å². The van der Waals surface area contributed by atoms with E-state index in [0.717, 1.165) is 4.47 Å². The number of ketones is 1. The molecule has 0 fully saturated rings. The van der Waals surface area contributed by atoms with E-state index in [1.165, 1.54) is 24.3 Å². The molecule has 3 heterocycles. The molecule has 0 spiro atoms. The Bertz CT molecular complexity index is 1300. The van der Waals surface area contributed by atoms with E-state index in [4.69, 9.17) is 4.74 Å². The maximum atomic E-state index is 13.2. The Morgan fingerprint density at radius 3 is 2.67 bits per heavy atom. The standard InChI is InChI=1S/C25H17BrFN3O3/c26-16-7-10-23(28-12-16)30-14-20-22(33-21-4-2-1-3-19(21)24(20)31)11-18(30)13-29-25(32)15-5-8-17(27)9-6-15/h1-12,14,22H,13H2,(H,29,32). The summed E-state index contributed by atoms with van der Waals surface area (Å²) >= 11 is 3.38. The monoisotopic (exact) mass is 505 g/mol. The number of nitrogens with one attached hydrogen (secondary N) is 1. The fraction of sp³-hybridized carbons (Fsp3) is 0.0800. The molecule has 0 aliphatic carbocycles. The van der Waals surface area contributed by atoms with Crippen molar-refractivity contribution in [2.45, 2.75) is 6.10 Å². The number of amides is 1. The number of pyridine rings is 1. The number of rotatable bonds is 4. The highest BCUT2D eigenvalue weighted by Crippen LogP contribution is 2.35. The Balaban J connectivity index is 1.47. The van der Waals surface area contributed by atoms with Gasteiger partial charge >= 0.3 is 0 Å². The van der Waals surface area contributed by atoms with Gasteiger partial charge in [-0.1, -0.05) is 12.1 Å². The number of anilines is 1. The second kappa shape index (κ2) is 8.63. The lowest BCUT2D eigenvalue weighted by atomic mass is 9.93. The van der Waals surface area contributed by atoms with E-state index < -0.39 is 11.9 Å². The molecule has 1 aromatic heterocycles. The van der Waals surface area contributed by atoms with Gasteiger partial charge in [0, 0.05) is 28.1 Å². The Kier molecular flexibility index (Phi) is 5.51. The van der Waals surface area contributed by atoms with Crippen LogP contribution in [-0.2, 0) is 0 Å². The fourth-order valence-electron chi connectivity index (χ4n) is 3.72. The largest absolute Gasteiger partial charge is 0.481 e. The molecule has 2 aromatic carbocycles. The molecule has 1 atom stereocenters. The summed E-state index contributed by atoms with van der Waals surface area (Å²) in [6.07, 6.45) is 4.58. The Morgan fingerprint density at radius 2 is 1.91 bits per heavy atom. The van der Waals surface area contributed by atoms with E-state index >= 15 is 0 Å². The highest BCUT2D eigenvalue weighted by atomic mass is 79.9. The number of halogens is 2.